The van der Waals surface area contributed by atoms with Gasteiger partial charge in [-0.15, -0.1) is 0 Å². The lowest BCUT2D eigenvalue weighted by Crippen LogP contribution is -2.06. The van der Waals surface area contributed by atoms with Gasteiger partial charge >= 0.3 is 7.82 Å². The molecule has 0 heterocycles. The molecule has 2 rings (SSSR count). The maximum Gasteiger partial charge on any atom is 0.524 e. The van der Waals surface area contributed by atoms with Gasteiger partial charge in [0.2, 0.25) is 0 Å². The Morgan fingerprint density at radius 3 is 2.38 bits per heavy atom. The largest absolute Gasteiger partial charge is 0.524 e. The van der Waals surface area contributed by atoms with Crippen molar-refractivity contribution in [2.75, 3.05) is 6.61 Å². The summed E-state index contributed by atoms with van der Waals surface area (Å²) in [4.78, 5) is 18.4. The Morgan fingerprint density at radius 1 is 0.923 bits per heavy atom. The van der Waals surface area contributed by atoms with Gasteiger partial charge in [-0.3, -0.25) is 9.79 Å². The van der Waals surface area contributed by atoms with Gasteiger partial charge < -0.3 is 9.26 Å². The summed E-state index contributed by atoms with van der Waals surface area (Å²) in [6, 6.07) is 14.9. The molecule has 2 aromatic carbocycles. The van der Waals surface area contributed by atoms with Gasteiger partial charge in [0, 0.05) is 6.42 Å². The van der Waals surface area contributed by atoms with Crippen LogP contribution in [-0.2, 0) is 17.4 Å². The predicted molar refractivity (Wildman–Crippen MR) is 103 cm³/mol. The third kappa shape index (κ3) is 7.20. The van der Waals surface area contributed by atoms with E-state index in [0.717, 1.165) is 49.0 Å². The third-order valence-corrected chi connectivity index (χ3v) is 4.55. The SMILES string of the molecule is CCCCCCc1c(CCOc2ccccc2)cccc1OP(=O)(O)O. The van der Waals surface area contributed by atoms with Gasteiger partial charge in [0.05, 0.1) is 6.61 Å². The number of ether oxygens (including phenoxy) is 1. The van der Waals surface area contributed by atoms with Crippen LogP contribution >= 0.6 is 7.82 Å². The lowest BCUT2D eigenvalue weighted by atomic mass is 9.98. The van der Waals surface area contributed by atoms with E-state index >= 15 is 0 Å². The normalized spacial score (nSPS) is 11.3. The van der Waals surface area contributed by atoms with E-state index in [0.29, 0.717) is 13.0 Å². The van der Waals surface area contributed by atoms with Gasteiger partial charge in [-0.2, -0.15) is 0 Å². The summed E-state index contributed by atoms with van der Waals surface area (Å²) in [5.41, 5.74) is 1.87. The van der Waals surface area contributed by atoms with Crippen LogP contribution in [0.4, 0.5) is 0 Å². The van der Waals surface area contributed by atoms with Gasteiger partial charge in [-0.05, 0) is 42.2 Å². The average Bonchev–Trinajstić information content (AvgIpc) is 2.60. The fourth-order valence-electron chi connectivity index (χ4n) is 2.87. The number of benzene rings is 2. The second-order valence-electron chi connectivity index (χ2n) is 6.20. The molecule has 0 aliphatic heterocycles. The average molecular weight is 378 g/mol. The first-order chi connectivity index (χ1) is 12.5. The molecule has 0 aromatic heterocycles. The van der Waals surface area contributed by atoms with Crippen molar-refractivity contribution in [1.82, 2.24) is 0 Å². The Balaban J connectivity index is 2.09. The number of rotatable bonds is 11. The van der Waals surface area contributed by atoms with Crippen molar-refractivity contribution >= 4 is 7.82 Å². The van der Waals surface area contributed by atoms with Gasteiger partial charge in [-0.25, -0.2) is 4.57 Å². The lowest BCUT2D eigenvalue weighted by Gasteiger charge is -2.16. The zero-order valence-electron chi connectivity index (χ0n) is 15.1. The molecule has 0 aliphatic carbocycles. The van der Waals surface area contributed by atoms with Crippen LogP contribution in [0.25, 0.3) is 0 Å². The molecule has 0 unspecified atom stereocenters. The zero-order chi connectivity index (χ0) is 18.8. The van der Waals surface area contributed by atoms with Gasteiger partial charge in [-0.1, -0.05) is 56.5 Å². The van der Waals surface area contributed by atoms with Gasteiger partial charge in [0.25, 0.3) is 0 Å². The highest BCUT2D eigenvalue weighted by Crippen LogP contribution is 2.40. The van der Waals surface area contributed by atoms with Crippen molar-refractivity contribution in [3.63, 3.8) is 0 Å². The molecule has 0 fully saturated rings. The first-order valence-electron chi connectivity index (χ1n) is 9.03. The van der Waals surface area contributed by atoms with E-state index in [2.05, 4.69) is 6.92 Å². The van der Waals surface area contributed by atoms with Crippen LogP contribution in [0.1, 0.15) is 43.7 Å². The Morgan fingerprint density at radius 2 is 1.69 bits per heavy atom. The van der Waals surface area contributed by atoms with E-state index in [9.17, 15) is 14.4 Å². The number of phosphoric ester groups is 1. The van der Waals surface area contributed by atoms with Crippen molar-refractivity contribution in [1.29, 1.82) is 0 Å². The van der Waals surface area contributed by atoms with Crippen molar-refractivity contribution in [2.24, 2.45) is 0 Å². The molecule has 0 atom stereocenters. The first-order valence-corrected chi connectivity index (χ1v) is 10.6. The molecule has 0 saturated heterocycles. The van der Waals surface area contributed by atoms with Crippen LogP contribution in [-0.4, -0.2) is 16.4 Å². The molecule has 6 heteroatoms. The Bertz CT molecular complexity index is 711. The standard InChI is InChI=1S/C20H27O5P/c1-2-3-4-8-13-19-17(10-9-14-20(19)25-26(21,22)23)15-16-24-18-11-6-5-7-12-18/h5-7,9-12,14H,2-4,8,13,15-16H2,1H3,(H2,21,22,23). The summed E-state index contributed by atoms with van der Waals surface area (Å²) in [7, 11) is -4.58. The maximum atomic E-state index is 11.3. The summed E-state index contributed by atoms with van der Waals surface area (Å²) >= 11 is 0. The van der Waals surface area contributed by atoms with E-state index in [1.807, 2.05) is 36.4 Å². The summed E-state index contributed by atoms with van der Waals surface area (Å²) in [6.45, 7) is 2.64. The van der Waals surface area contributed by atoms with E-state index in [1.165, 1.54) is 0 Å². The van der Waals surface area contributed by atoms with E-state index in [1.54, 1.807) is 12.1 Å². The van der Waals surface area contributed by atoms with Gasteiger partial charge in [0.15, 0.2) is 0 Å². The molecule has 0 aliphatic rings. The molecule has 0 bridgehead atoms. The van der Waals surface area contributed by atoms with Crippen LogP contribution in [0.15, 0.2) is 48.5 Å². The van der Waals surface area contributed by atoms with Gasteiger partial charge in [0.1, 0.15) is 11.5 Å². The molecule has 0 spiro atoms. The van der Waals surface area contributed by atoms with Crippen LogP contribution < -0.4 is 9.26 Å². The van der Waals surface area contributed by atoms with Crippen molar-refractivity contribution in [3.05, 3.63) is 59.7 Å². The third-order valence-electron chi connectivity index (χ3n) is 4.11. The second kappa shape index (κ2) is 10.4. The summed E-state index contributed by atoms with van der Waals surface area (Å²) < 4.78 is 22.0. The fourth-order valence-corrected chi connectivity index (χ4v) is 3.29. The van der Waals surface area contributed by atoms with Crippen LogP contribution in [0.3, 0.4) is 0 Å². The van der Waals surface area contributed by atoms with Crippen LogP contribution in [0.2, 0.25) is 0 Å². The summed E-state index contributed by atoms with van der Waals surface area (Å²) in [6.07, 6.45) is 5.71. The van der Waals surface area contributed by atoms with Crippen LogP contribution in [0.5, 0.6) is 11.5 Å². The zero-order valence-corrected chi connectivity index (χ0v) is 16.0. The van der Waals surface area contributed by atoms with Crippen molar-refractivity contribution in [3.8, 4) is 11.5 Å². The van der Waals surface area contributed by atoms with E-state index in [-0.39, 0.29) is 5.75 Å². The Hall–Kier alpha value is -1.81. The maximum absolute atomic E-state index is 11.3. The monoisotopic (exact) mass is 378 g/mol. The number of unbranched alkanes of at least 4 members (excludes halogenated alkanes) is 3. The summed E-state index contributed by atoms with van der Waals surface area (Å²) in [5, 5.41) is 0. The van der Waals surface area contributed by atoms with Crippen molar-refractivity contribution in [2.45, 2.75) is 45.4 Å². The minimum Gasteiger partial charge on any atom is -0.493 e. The molecule has 142 valence electrons. The number of hydrogen-bond acceptors (Lipinski definition) is 3. The quantitative estimate of drug-likeness (QED) is 0.429. The minimum atomic E-state index is -4.58. The number of phosphoric acid groups is 1. The molecule has 0 saturated carbocycles. The minimum absolute atomic E-state index is 0.270. The molecule has 26 heavy (non-hydrogen) atoms. The molecule has 2 N–H and O–H groups in total. The highest BCUT2D eigenvalue weighted by Gasteiger charge is 2.19. The molecule has 5 nitrogen and oxygen atoms in total. The van der Waals surface area contributed by atoms with E-state index in [4.69, 9.17) is 9.26 Å². The highest BCUT2D eigenvalue weighted by atomic mass is 31.2. The highest BCUT2D eigenvalue weighted by molar-refractivity contribution is 7.46. The van der Waals surface area contributed by atoms with Crippen molar-refractivity contribution < 1.29 is 23.6 Å². The van der Waals surface area contributed by atoms with Crippen LogP contribution in [0, 0.1) is 0 Å². The molecule has 0 amide bonds. The van der Waals surface area contributed by atoms with E-state index < -0.39 is 7.82 Å². The lowest BCUT2D eigenvalue weighted by molar-refractivity contribution is 0.282. The number of para-hydroxylation sites is 1. The topological polar surface area (TPSA) is 76.0 Å². The fraction of sp³-hybridized carbons (Fsp3) is 0.400. The summed E-state index contributed by atoms with van der Waals surface area (Å²) in [5.74, 6) is 1.08. The second-order valence-corrected chi connectivity index (χ2v) is 7.36. The Kier molecular flexibility index (Phi) is 8.17. The Labute approximate surface area is 155 Å². The molecular formula is C20H27O5P. The predicted octanol–water partition coefficient (Wildman–Crippen LogP) is 4.90. The first kappa shape index (κ1) is 20.5. The smallest absolute Gasteiger partial charge is 0.493 e. The molecular weight excluding hydrogens is 351 g/mol. The number of hydrogen-bond donors (Lipinski definition) is 2. The molecule has 2 aromatic rings. The molecule has 0 radical (unpaired) electrons.